The summed E-state index contributed by atoms with van der Waals surface area (Å²) in [6.45, 7) is 2.79. The molecule has 0 saturated carbocycles. The zero-order valence-corrected chi connectivity index (χ0v) is 3.77. The van der Waals surface area contributed by atoms with Crippen molar-refractivity contribution in [2.75, 3.05) is 0 Å². The van der Waals surface area contributed by atoms with E-state index in [1.807, 2.05) is 0 Å². The summed E-state index contributed by atoms with van der Waals surface area (Å²) in [4.78, 5) is 0. The van der Waals surface area contributed by atoms with Crippen molar-refractivity contribution in [1.82, 2.24) is 0 Å². The van der Waals surface area contributed by atoms with Crippen molar-refractivity contribution in [2.45, 2.75) is 0 Å². The molecule has 0 saturated heterocycles. The fourth-order valence-electron chi connectivity index (χ4n) is 0. The van der Waals surface area contributed by atoms with Gasteiger partial charge in [0.25, 0.3) is 10.1 Å². The average molecular weight is 132 g/mol. The van der Waals surface area contributed by atoms with E-state index in [-0.39, 0.29) is 29.6 Å². The quantitative estimate of drug-likeness (QED) is 0.381. The zero-order valence-electron chi connectivity index (χ0n) is 2.96. The van der Waals surface area contributed by atoms with Crippen LogP contribution in [0.4, 0.5) is 0 Å². The summed E-state index contributed by atoms with van der Waals surface area (Å²) in [5, 5.41) is 0.465. The van der Waals surface area contributed by atoms with Gasteiger partial charge in [-0.25, -0.2) is 0 Å². The van der Waals surface area contributed by atoms with E-state index in [4.69, 9.17) is 4.55 Å². The molecule has 0 atom stereocenters. The SMILES string of the molecule is C=CS(=O)(=O)O.[NaH]. The van der Waals surface area contributed by atoms with Crippen molar-refractivity contribution in [3.05, 3.63) is 12.0 Å². The Morgan fingerprint density at radius 1 is 1.57 bits per heavy atom. The topological polar surface area (TPSA) is 54.4 Å². The Bertz CT molecular complexity index is 123. The van der Waals surface area contributed by atoms with Crippen LogP contribution in [0.1, 0.15) is 0 Å². The standard InChI is InChI=1S/C2H4O3S.Na.H/c1-2-6(3,4)5;;/h2H,1H2,(H,3,4,5);;. The van der Waals surface area contributed by atoms with Crippen LogP contribution in [-0.4, -0.2) is 42.5 Å². The van der Waals surface area contributed by atoms with Crippen molar-refractivity contribution in [1.29, 1.82) is 0 Å². The molecule has 0 unspecified atom stereocenters. The molecule has 0 amide bonds. The summed E-state index contributed by atoms with van der Waals surface area (Å²) < 4.78 is 26.6. The Labute approximate surface area is 64.5 Å². The third kappa shape index (κ3) is 10.8. The molecule has 0 spiro atoms. The molecular formula is C2H5NaO3S. The first-order chi connectivity index (χ1) is 2.56. The van der Waals surface area contributed by atoms with E-state index in [0.29, 0.717) is 5.41 Å². The summed E-state index contributed by atoms with van der Waals surface area (Å²) in [6.07, 6.45) is 0. The van der Waals surface area contributed by atoms with Crippen LogP contribution in [0.5, 0.6) is 0 Å². The third-order valence-electron chi connectivity index (χ3n) is 0.211. The molecule has 0 aromatic carbocycles. The minimum atomic E-state index is -3.90. The molecule has 0 heterocycles. The molecule has 0 bridgehead atoms. The van der Waals surface area contributed by atoms with Crippen LogP contribution in [0.2, 0.25) is 0 Å². The molecule has 0 radical (unpaired) electrons. The third-order valence-corrected chi connectivity index (χ3v) is 0.632. The van der Waals surface area contributed by atoms with Gasteiger partial charge in [0.1, 0.15) is 0 Å². The molecule has 1 N–H and O–H groups in total. The molecule has 0 aliphatic heterocycles. The molecule has 0 rings (SSSR count). The van der Waals surface area contributed by atoms with Gasteiger partial charge in [0, 0.05) is 0 Å². The predicted octanol–water partition coefficient (Wildman–Crippen LogP) is -0.631. The number of hydrogen-bond donors (Lipinski definition) is 1. The molecule has 5 heteroatoms. The van der Waals surface area contributed by atoms with E-state index in [0.717, 1.165) is 0 Å². The molecule has 3 nitrogen and oxygen atoms in total. The van der Waals surface area contributed by atoms with Crippen LogP contribution in [0.15, 0.2) is 12.0 Å². The Balaban J connectivity index is 0. The zero-order chi connectivity index (χ0) is 5.21. The summed E-state index contributed by atoms with van der Waals surface area (Å²) in [7, 11) is -3.90. The number of hydrogen-bond acceptors (Lipinski definition) is 2. The Morgan fingerprint density at radius 3 is 1.71 bits per heavy atom. The molecule has 38 valence electrons. The van der Waals surface area contributed by atoms with E-state index in [1.165, 1.54) is 0 Å². The van der Waals surface area contributed by atoms with Crippen LogP contribution in [0.3, 0.4) is 0 Å². The summed E-state index contributed by atoms with van der Waals surface area (Å²) in [5.41, 5.74) is 0. The first kappa shape index (κ1) is 10.6. The fraction of sp³-hybridized carbons (Fsp3) is 0. The van der Waals surface area contributed by atoms with Crippen LogP contribution in [0.25, 0.3) is 0 Å². The minimum absolute atomic E-state index is 0. The molecule has 0 aliphatic carbocycles. The maximum atomic E-state index is 9.44. The molecule has 0 fully saturated rings. The summed E-state index contributed by atoms with van der Waals surface area (Å²) >= 11 is 0. The van der Waals surface area contributed by atoms with Crippen molar-refractivity contribution in [3.63, 3.8) is 0 Å². The molecule has 0 aromatic heterocycles. The van der Waals surface area contributed by atoms with Crippen molar-refractivity contribution < 1.29 is 13.0 Å². The van der Waals surface area contributed by atoms with Gasteiger partial charge in [0.05, 0.1) is 5.41 Å². The molecular weight excluding hydrogens is 127 g/mol. The summed E-state index contributed by atoms with van der Waals surface area (Å²) in [6, 6.07) is 0. The second kappa shape index (κ2) is 3.63. The molecule has 7 heavy (non-hydrogen) atoms. The Hall–Kier alpha value is 0.650. The van der Waals surface area contributed by atoms with Crippen molar-refractivity contribution in [2.24, 2.45) is 0 Å². The predicted molar refractivity (Wildman–Crippen MR) is 28.9 cm³/mol. The van der Waals surface area contributed by atoms with Crippen LogP contribution in [-0.2, 0) is 10.1 Å². The van der Waals surface area contributed by atoms with Gasteiger partial charge in [0.15, 0.2) is 0 Å². The van der Waals surface area contributed by atoms with E-state index >= 15 is 0 Å². The van der Waals surface area contributed by atoms with Crippen molar-refractivity contribution in [3.8, 4) is 0 Å². The van der Waals surface area contributed by atoms with Gasteiger partial charge >= 0.3 is 29.6 Å². The molecule has 0 aliphatic rings. The van der Waals surface area contributed by atoms with Crippen LogP contribution in [0, 0.1) is 0 Å². The van der Waals surface area contributed by atoms with E-state index in [2.05, 4.69) is 6.58 Å². The van der Waals surface area contributed by atoms with Gasteiger partial charge in [-0.05, 0) is 0 Å². The summed E-state index contributed by atoms with van der Waals surface area (Å²) in [5.74, 6) is 0. The maximum absolute atomic E-state index is 9.44. The number of rotatable bonds is 1. The van der Waals surface area contributed by atoms with Gasteiger partial charge in [-0.15, -0.1) is 0 Å². The fourth-order valence-corrected chi connectivity index (χ4v) is 0. The van der Waals surface area contributed by atoms with Crippen LogP contribution < -0.4 is 0 Å². The monoisotopic (exact) mass is 132 g/mol. The van der Waals surface area contributed by atoms with Gasteiger partial charge in [-0.2, -0.15) is 8.42 Å². The van der Waals surface area contributed by atoms with Gasteiger partial charge in [0.2, 0.25) is 0 Å². The second-order valence-corrected chi connectivity index (χ2v) is 2.04. The second-order valence-electron chi connectivity index (χ2n) is 0.682. The van der Waals surface area contributed by atoms with Crippen molar-refractivity contribution >= 4 is 39.7 Å². The van der Waals surface area contributed by atoms with Crippen LogP contribution >= 0.6 is 0 Å². The first-order valence-electron chi connectivity index (χ1n) is 1.16. The average Bonchev–Trinajstić information content (AvgIpc) is 1.35. The normalized spacial score (nSPS) is 9.29. The van der Waals surface area contributed by atoms with Gasteiger partial charge in [-0.3, -0.25) is 4.55 Å². The van der Waals surface area contributed by atoms with E-state index in [9.17, 15) is 8.42 Å². The van der Waals surface area contributed by atoms with E-state index in [1.54, 1.807) is 0 Å². The first-order valence-corrected chi connectivity index (χ1v) is 2.66. The van der Waals surface area contributed by atoms with Gasteiger partial charge < -0.3 is 0 Å². The molecule has 0 aromatic rings. The van der Waals surface area contributed by atoms with Gasteiger partial charge in [-0.1, -0.05) is 6.58 Å². The van der Waals surface area contributed by atoms with E-state index < -0.39 is 10.1 Å². The Kier molecular flexibility index (Phi) is 5.49. The Morgan fingerprint density at radius 2 is 1.71 bits per heavy atom.